The molecule has 0 spiro atoms. The molecule has 0 aliphatic carbocycles. The summed E-state index contributed by atoms with van der Waals surface area (Å²) in [7, 11) is 0. The van der Waals surface area contributed by atoms with E-state index >= 15 is 0 Å². The molecule has 1 aliphatic rings. The maximum atomic E-state index is 13.1. The zero-order valence-electron chi connectivity index (χ0n) is 14.3. The molecule has 0 atom stereocenters. The lowest BCUT2D eigenvalue weighted by Crippen LogP contribution is -2.48. The molecule has 2 aromatic heterocycles. The summed E-state index contributed by atoms with van der Waals surface area (Å²) in [6.07, 6.45) is 3.58. The third-order valence-electron chi connectivity index (χ3n) is 4.73. The van der Waals surface area contributed by atoms with E-state index in [0.29, 0.717) is 18.8 Å². The molecular formula is C19H20FN5O. The van der Waals surface area contributed by atoms with Crippen molar-refractivity contribution in [3.63, 3.8) is 0 Å². The number of piperazine rings is 1. The smallest absolute Gasteiger partial charge is 0.270 e. The summed E-state index contributed by atoms with van der Waals surface area (Å²) < 4.78 is 13.1. The van der Waals surface area contributed by atoms with Crippen molar-refractivity contribution in [2.75, 3.05) is 26.2 Å². The Kier molecular flexibility index (Phi) is 4.53. The van der Waals surface area contributed by atoms with Gasteiger partial charge >= 0.3 is 0 Å². The molecule has 0 bridgehead atoms. The molecule has 0 unspecified atom stereocenters. The van der Waals surface area contributed by atoms with E-state index in [0.717, 1.165) is 36.5 Å². The van der Waals surface area contributed by atoms with Gasteiger partial charge in [0, 0.05) is 50.0 Å². The van der Waals surface area contributed by atoms with Crippen molar-refractivity contribution in [1.82, 2.24) is 25.0 Å². The third-order valence-corrected chi connectivity index (χ3v) is 4.73. The fourth-order valence-corrected chi connectivity index (χ4v) is 3.28. The largest absolute Gasteiger partial charge is 0.357 e. The van der Waals surface area contributed by atoms with Crippen LogP contribution in [0.5, 0.6) is 0 Å². The average Bonchev–Trinajstić information content (AvgIpc) is 3.35. The van der Waals surface area contributed by atoms with E-state index in [1.54, 1.807) is 24.4 Å². The Labute approximate surface area is 150 Å². The molecule has 3 aromatic rings. The van der Waals surface area contributed by atoms with Gasteiger partial charge in [0.05, 0.1) is 11.9 Å². The molecule has 1 amide bonds. The van der Waals surface area contributed by atoms with Crippen LogP contribution in [-0.4, -0.2) is 57.1 Å². The van der Waals surface area contributed by atoms with Gasteiger partial charge in [0.1, 0.15) is 11.5 Å². The second-order valence-electron chi connectivity index (χ2n) is 6.43. The van der Waals surface area contributed by atoms with E-state index in [1.807, 2.05) is 17.2 Å². The SMILES string of the molecule is O=C(c1ccc[nH]1)N1CCN(Cc2cn[nH]c2-c2ccc(F)cc2)CC1. The standard InChI is InChI=1S/C19H20FN5O/c20-16-5-3-14(4-6-16)18-15(12-22-23-18)13-24-8-10-25(11-9-24)19(26)17-2-1-7-21-17/h1-7,12,21H,8-11,13H2,(H,22,23). The molecule has 4 rings (SSSR count). The van der Waals surface area contributed by atoms with Crippen molar-refractivity contribution >= 4 is 5.91 Å². The lowest BCUT2D eigenvalue weighted by atomic mass is 10.1. The molecule has 1 fully saturated rings. The van der Waals surface area contributed by atoms with Gasteiger partial charge in [0.15, 0.2) is 0 Å². The van der Waals surface area contributed by atoms with Crippen LogP contribution < -0.4 is 0 Å². The van der Waals surface area contributed by atoms with Crippen molar-refractivity contribution in [2.45, 2.75) is 6.54 Å². The number of H-pyrrole nitrogens is 2. The third kappa shape index (κ3) is 3.39. The number of nitrogens with zero attached hydrogens (tertiary/aromatic N) is 3. The zero-order valence-corrected chi connectivity index (χ0v) is 14.3. The Hall–Kier alpha value is -2.93. The lowest BCUT2D eigenvalue weighted by Gasteiger charge is -2.34. The predicted molar refractivity (Wildman–Crippen MR) is 96.0 cm³/mol. The highest BCUT2D eigenvalue weighted by molar-refractivity contribution is 5.92. The second-order valence-corrected chi connectivity index (χ2v) is 6.43. The number of halogens is 1. The minimum Gasteiger partial charge on any atom is -0.357 e. The fourth-order valence-electron chi connectivity index (χ4n) is 3.28. The zero-order chi connectivity index (χ0) is 17.9. The molecule has 3 heterocycles. The Bertz CT molecular complexity index is 864. The molecule has 1 saturated heterocycles. The molecule has 1 aliphatic heterocycles. The fraction of sp³-hybridized carbons (Fsp3) is 0.263. The quantitative estimate of drug-likeness (QED) is 0.757. The summed E-state index contributed by atoms with van der Waals surface area (Å²) in [6, 6.07) is 10.0. The van der Waals surface area contributed by atoms with Crippen LogP contribution >= 0.6 is 0 Å². The summed E-state index contributed by atoms with van der Waals surface area (Å²) in [5, 5.41) is 7.16. The highest BCUT2D eigenvalue weighted by atomic mass is 19.1. The maximum absolute atomic E-state index is 13.1. The van der Waals surface area contributed by atoms with E-state index in [9.17, 15) is 9.18 Å². The highest BCUT2D eigenvalue weighted by Gasteiger charge is 2.23. The molecule has 26 heavy (non-hydrogen) atoms. The summed E-state index contributed by atoms with van der Waals surface area (Å²) in [6.45, 7) is 3.75. The number of amides is 1. The lowest BCUT2D eigenvalue weighted by molar-refractivity contribution is 0.0623. The first-order valence-electron chi connectivity index (χ1n) is 8.64. The van der Waals surface area contributed by atoms with Gasteiger partial charge in [-0.05, 0) is 36.4 Å². The number of carbonyl (C=O) groups excluding carboxylic acids is 1. The summed E-state index contributed by atoms with van der Waals surface area (Å²) in [4.78, 5) is 19.5. The number of carbonyl (C=O) groups is 1. The van der Waals surface area contributed by atoms with Gasteiger partial charge in [-0.3, -0.25) is 14.8 Å². The van der Waals surface area contributed by atoms with Crippen LogP contribution in [0.25, 0.3) is 11.3 Å². The molecule has 134 valence electrons. The highest BCUT2D eigenvalue weighted by Crippen LogP contribution is 2.23. The number of hydrogen-bond donors (Lipinski definition) is 2. The monoisotopic (exact) mass is 353 g/mol. The summed E-state index contributed by atoms with van der Waals surface area (Å²) in [5.41, 5.74) is 3.53. The molecular weight excluding hydrogens is 333 g/mol. The predicted octanol–water partition coefficient (Wildman–Crippen LogP) is 2.50. The van der Waals surface area contributed by atoms with Gasteiger partial charge in [-0.25, -0.2) is 4.39 Å². The van der Waals surface area contributed by atoms with Gasteiger partial charge < -0.3 is 9.88 Å². The van der Waals surface area contributed by atoms with Gasteiger partial charge in [-0.1, -0.05) is 0 Å². The van der Waals surface area contributed by atoms with Crippen LogP contribution in [0.3, 0.4) is 0 Å². The number of rotatable bonds is 4. The van der Waals surface area contributed by atoms with E-state index in [1.165, 1.54) is 12.1 Å². The first-order chi connectivity index (χ1) is 12.7. The van der Waals surface area contributed by atoms with Crippen molar-refractivity contribution in [1.29, 1.82) is 0 Å². The normalized spacial score (nSPS) is 15.3. The topological polar surface area (TPSA) is 68.0 Å². The van der Waals surface area contributed by atoms with E-state index in [4.69, 9.17) is 0 Å². The minimum atomic E-state index is -0.252. The van der Waals surface area contributed by atoms with Crippen LogP contribution in [0.2, 0.25) is 0 Å². The number of benzene rings is 1. The van der Waals surface area contributed by atoms with Gasteiger partial charge in [-0.15, -0.1) is 0 Å². The Morgan fingerprint density at radius 3 is 2.58 bits per heavy atom. The minimum absolute atomic E-state index is 0.0463. The molecule has 0 saturated carbocycles. The second kappa shape index (κ2) is 7.13. The Morgan fingerprint density at radius 1 is 1.12 bits per heavy atom. The molecule has 1 aromatic carbocycles. The van der Waals surface area contributed by atoms with Crippen LogP contribution in [0, 0.1) is 5.82 Å². The first-order valence-corrected chi connectivity index (χ1v) is 8.64. The Morgan fingerprint density at radius 2 is 1.88 bits per heavy atom. The van der Waals surface area contributed by atoms with E-state index < -0.39 is 0 Å². The molecule has 0 radical (unpaired) electrons. The average molecular weight is 353 g/mol. The van der Waals surface area contributed by atoms with Crippen LogP contribution in [0.4, 0.5) is 4.39 Å². The van der Waals surface area contributed by atoms with Crippen molar-refractivity contribution in [2.24, 2.45) is 0 Å². The van der Waals surface area contributed by atoms with Crippen LogP contribution in [0.15, 0.2) is 48.8 Å². The number of aromatic amines is 2. The van der Waals surface area contributed by atoms with Gasteiger partial charge in [0.2, 0.25) is 0 Å². The van der Waals surface area contributed by atoms with Crippen LogP contribution in [-0.2, 0) is 6.54 Å². The maximum Gasteiger partial charge on any atom is 0.270 e. The molecule has 6 nitrogen and oxygen atoms in total. The molecule has 7 heteroatoms. The van der Waals surface area contributed by atoms with E-state index in [2.05, 4.69) is 20.1 Å². The van der Waals surface area contributed by atoms with Crippen molar-refractivity contribution < 1.29 is 9.18 Å². The van der Waals surface area contributed by atoms with Gasteiger partial charge in [-0.2, -0.15) is 5.10 Å². The van der Waals surface area contributed by atoms with Crippen molar-refractivity contribution in [3.05, 3.63) is 65.9 Å². The number of hydrogen-bond acceptors (Lipinski definition) is 3. The molecule has 2 N–H and O–H groups in total. The summed E-state index contributed by atoms with van der Waals surface area (Å²) in [5.74, 6) is -0.206. The first kappa shape index (κ1) is 16.5. The van der Waals surface area contributed by atoms with Gasteiger partial charge in [0.25, 0.3) is 5.91 Å². The number of nitrogens with one attached hydrogen (secondary N) is 2. The van der Waals surface area contributed by atoms with Crippen molar-refractivity contribution in [3.8, 4) is 11.3 Å². The van der Waals surface area contributed by atoms with E-state index in [-0.39, 0.29) is 11.7 Å². The summed E-state index contributed by atoms with van der Waals surface area (Å²) >= 11 is 0. The number of aromatic nitrogens is 3. The van der Waals surface area contributed by atoms with Crippen LogP contribution in [0.1, 0.15) is 16.1 Å². The Balaban J connectivity index is 1.39.